The zero-order chi connectivity index (χ0) is 10.7. The summed E-state index contributed by atoms with van der Waals surface area (Å²) in [5, 5.41) is 0. The van der Waals surface area contributed by atoms with Crippen LogP contribution in [0, 0.1) is 6.92 Å². The van der Waals surface area contributed by atoms with Gasteiger partial charge >= 0.3 is 5.69 Å². The lowest BCUT2D eigenvalue weighted by atomic mass is 10.3. The van der Waals surface area contributed by atoms with E-state index in [0.717, 1.165) is 11.4 Å². The van der Waals surface area contributed by atoms with Crippen LogP contribution in [0.2, 0.25) is 0 Å². The van der Waals surface area contributed by atoms with Gasteiger partial charge in [0.15, 0.2) is 0 Å². The lowest BCUT2D eigenvalue weighted by Crippen LogP contribution is -2.22. The lowest BCUT2D eigenvalue weighted by molar-refractivity contribution is 0.708. The fraction of sp³-hybridized carbons (Fsp3) is 0.182. The highest BCUT2D eigenvalue weighted by atomic mass is 16.1. The summed E-state index contributed by atoms with van der Waals surface area (Å²) in [7, 11) is 0. The first kappa shape index (κ1) is 9.58. The third-order valence-corrected chi connectivity index (χ3v) is 2.06. The van der Waals surface area contributed by atoms with Crippen molar-refractivity contribution in [3.05, 3.63) is 58.5 Å². The van der Waals surface area contributed by atoms with E-state index < -0.39 is 0 Å². The second-order valence-electron chi connectivity index (χ2n) is 3.30. The van der Waals surface area contributed by atoms with Gasteiger partial charge in [0.25, 0.3) is 0 Å². The third-order valence-electron chi connectivity index (χ3n) is 2.06. The van der Waals surface area contributed by atoms with Crippen molar-refractivity contribution in [1.82, 2.24) is 14.5 Å². The summed E-state index contributed by atoms with van der Waals surface area (Å²) in [5.74, 6) is 0. The molecule has 0 atom stereocenters. The molecule has 15 heavy (non-hydrogen) atoms. The van der Waals surface area contributed by atoms with E-state index in [2.05, 4.69) is 9.97 Å². The molecule has 0 aliphatic rings. The Morgan fingerprint density at radius 2 is 2.20 bits per heavy atom. The van der Waals surface area contributed by atoms with Gasteiger partial charge in [0, 0.05) is 18.1 Å². The Morgan fingerprint density at radius 1 is 1.33 bits per heavy atom. The Kier molecular flexibility index (Phi) is 2.58. The smallest absolute Gasteiger partial charge is 0.293 e. The highest BCUT2D eigenvalue weighted by Crippen LogP contribution is 1.99. The van der Waals surface area contributed by atoms with Crippen molar-refractivity contribution in [1.29, 1.82) is 0 Å². The Bertz CT molecular complexity index is 519. The molecule has 4 heteroatoms. The van der Waals surface area contributed by atoms with Crippen LogP contribution in [0.5, 0.6) is 0 Å². The van der Waals surface area contributed by atoms with Gasteiger partial charge in [0.2, 0.25) is 0 Å². The van der Waals surface area contributed by atoms with Crippen molar-refractivity contribution in [2.24, 2.45) is 0 Å². The molecule has 0 fully saturated rings. The standard InChI is InChI=1S/C11H11N3O/c1-9-4-2-5-10(13-9)8-14-7-3-6-12-11(14)15/h2-7H,8H2,1H3. The van der Waals surface area contributed by atoms with Gasteiger partial charge in [-0.2, -0.15) is 0 Å². The third kappa shape index (κ3) is 2.28. The molecule has 2 heterocycles. The minimum atomic E-state index is -0.249. The van der Waals surface area contributed by atoms with E-state index in [0.29, 0.717) is 6.54 Å². The van der Waals surface area contributed by atoms with E-state index >= 15 is 0 Å². The Morgan fingerprint density at radius 3 is 2.93 bits per heavy atom. The molecule has 0 spiro atoms. The van der Waals surface area contributed by atoms with Gasteiger partial charge in [-0.15, -0.1) is 0 Å². The van der Waals surface area contributed by atoms with Gasteiger partial charge in [-0.05, 0) is 25.1 Å². The molecule has 4 nitrogen and oxygen atoms in total. The molecule has 0 aliphatic heterocycles. The summed E-state index contributed by atoms with van der Waals surface area (Å²) in [6.07, 6.45) is 3.20. The van der Waals surface area contributed by atoms with Crippen molar-refractivity contribution in [2.75, 3.05) is 0 Å². The maximum atomic E-state index is 11.3. The molecular formula is C11H11N3O. The molecule has 0 saturated carbocycles. The number of pyridine rings is 1. The Labute approximate surface area is 87.2 Å². The van der Waals surface area contributed by atoms with Crippen LogP contribution in [0.25, 0.3) is 0 Å². The van der Waals surface area contributed by atoms with Gasteiger partial charge < -0.3 is 0 Å². The number of hydrogen-bond acceptors (Lipinski definition) is 3. The maximum Gasteiger partial charge on any atom is 0.347 e. The van der Waals surface area contributed by atoms with E-state index in [4.69, 9.17) is 0 Å². The van der Waals surface area contributed by atoms with Crippen molar-refractivity contribution >= 4 is 0 Å². The van der Waals surface area contributed by atoms with Crippen LogP contribution in [-0.2, 0) is 6.54 Å². The van der Waals surface area contributed by atoms with Crippen LogP contribution >= 0.6 is 0 Å². The van der Waals surface area contributed by atoms with Gasteiger partial charge in [-0.1, -0.05) is 6.07 Å². The zero-order valence-electron chi connectivity index (χ0n) is 8.42. The van der Waals surface area contributed by atoms with Crippen LogP contribution in [-0.4, -0.2) is 14.5 Å². The first-order valence-corrected chi connectivity index (χ1v) is 4.70. The van der Waals surface area contributed by atoms with Crippen molar-refractivity contribution in [3.8, 4) is 0 Å². The highest BCUT2D eigenvalue weighted by Gasteiger charge is 1.98. The van der Waals surface area contributed by atoms with Crippen molar-refractivity contribution < 1.29 is 0 Å². The molecule has 0 radical (unpaired) electrons. The molecule has 76 valence electrons. The average molecular weight is 201 g/mol. The van der Waals surface area contributed by atoms with Gasteiger partial charge in [0.05, 0.1) is 12.2 Å². The number of hydrogen-bond donors (Lipinski definition) is 0. The molecule has 0 bridgehead atoms. The molecule has 0 saturated heterocycles. The molecular weight excluding hydrogens is 190 g/mol. The number of nitrogens with zero attached hydrogens (tertiary/aromatic N) is 3. The molecule has 2 aromatic heterocycles. The normalized spacial score (nSPS) is 10.2. The van der Waals surface area contributed by atoms with E-state index in [1.165, 1.54) is 10.8 Å². The molecule has 0 unspecified atom stereocenters. The molecule has 0 N–H and O–H groups in total. The van der Waals surface area contributed by atoms with E-state index in [1.54, 1.807) is 12.3 Å². The highest BCUT2D eigenvalue weighted by molar-refractivity contribution is 5.10. The molecule has 2 aromatic rings. The fourth-order valence-corrected chi connectivity index (χ4v) is 1.37. The number of aromatic nitrogens is 3. The van der Waals surface area contributed by atoms with Crippen molar-refractivity contribution in [3.63, 3.8) is 0 Å². The summed E-state index contributed by atoms with van der Waals surface area (Å²) in [6.45, 7) is 2.39. The predicted molar refractivity (Wildman–Crippen MR) is 56.6 cm³/mol. The maximum absolute atomic E-state index is 11.3. The summed E-state index contributed by atoms with van der Waals surface area (Å²) < 4.78 is 1.53. The molecule has 0 aliphatic carbocycles. The summed E-state index contributed by atoms with van der Waals surface area (Å²) in [4.78, 5) is 19.3. The summed E-state index contributed by atoms with van der Waals surface area (Å²) in [6, 6.07) is 7.48. The van der Waals surface area contributed by atoms with Crippen LogP contribution in [0.4, 0.5) is 0 Å². The van der Waals surface area contributed by atoms with E-state index in [-0.39, 0.29) is 5.69 Å². The second-order valence-corrected chi connectivity index (χ2v) is 3.30. The average Bonchev–Trinajstić information content (AvgIpc) is 2.22. The predicted octanol–water partition coefficient (Wildman–Crippen LogP) is 0.995. The molecule has 0 amide bonds. The van der Waals surface area contributed by atoms with Crippen LogP contribution in [0.15, 0.2) is 41.5 Å². The largest absolute Gasteiger partial charge is 0.347 e. The van der Waals surface area contributed by atoms with Crippen LogP contribution in [0.1, 0.15) is 11.4 Å². The molecule has 0 aromatic carbocycles. The molecule has 2 rings (SSSR count). The lowest BCUT2D eigenvalue weighted by Gasteiger charge is -2.03. The van der Waals surface area contributed by atoms with E-state index in [1.807, 2.05) is 25.1 Å². The first-order chi connectivity index (χ1) is 7.25. The van der Waals surface area contributed by atoms with Crippen LogP contribution < -0.4 is 5.69 Å². The Balaban J connectivity index is 2.30. The van der Waals surface area contributed by atoms with Crippen molar-refractivity contribution in [2.45, 2.75) is 13.5 Å². The van der Waals surface area contributed by atoms with Gasteiger partial charge in [0.1, 0.15) is 0 Å². The van der Waals surface area contributed by atoms with Gasteiger partial charge in [-0.3, -0.25) is 9.55 Å². The van der Waals surface area contributed by atoms with Gasteiger partial charge in [-0.25, -0.2) is 9.78 Å². The SMILES string of the molecule is Cc1cccc(Cn2cccnc2=O)n1. The first-order valence-electron chi connectivity index (χ1n) is 4.70. The zero-order valence-corrected chi connectivity index (χ0v) is 8.42. The monoisotopic (exact) mass is 201 g/mol. The second kappa shape index (κ2) is 4.04. The number of rotatable bonds is 2. The fourth-order valence-electron chi connectivity index (χ4n) is 1.37. The minimum Gasteiger partial charge on any atom is -0.293 e. The topological polar surface area (TPSA) is 47.8 Å². The summed E-state index contributed by atoms with van der Waals surface area (Å²) >= 11 is 0. The van der Waals surface area contributed by atoms with E-state index in [9.17, 15) is 4.79 Å². The quantitative estimate of drug-likeness (QED) is 0.728. The summed E-state index contributed by atoms with van der Waals surface area (Å²) in [5.41, 5.74) is 1.57. The Hall–Kier alpha value is -1.97. The minimum absolute atomic E-state index is 0.249. The number of aryl methyl sites for hydroxylation is 1. The van der Waals surface area contributed by atoms with Crippen LogP contribution in [0.3, 0.4) is 0 Å².